The normalized spacial score (nSPS) is 15.6. The second kappa shape index (κ2) is 9.46. The molecule has 1 N–H and O–H groups in total. The number of sulfonamides is 1. The highest BCUT2D eigenvalue weighted by Crippen LogP contribution is 2.29. The van der Waals surface area contributed by atoms with Crippen LogP contribution in [-0.4, -0.2) is 70.5 Å². The van der Waals surface area contributed by atoms with Gasteiger partial charge in [-0.05, 0) is 56.4 Å². The molecule has 1 fully saturated rings. The minimum atomic E-state index is -3.78. The topological polar surface area (TPSA) is 88.2 Å². The van der Waals surface area contributed by atoms with Gasteiger partial charge in [-0.15, -0.1) is 0 Å². The summed E-state index contributed by atoms with van der Waals surface area (Å²) in [6.45, 7) is 4.55. The van der Waals surface area contributed by atoms with Gasteiger partial charge in [0, 0.05) is 37.4 Å². The number of nitrogens with zero attached hydrogens (tertiary/aromatic N) is 2. The molecular formula is C21H27N3O5S. The van der Waals surface area contributed by atoms with Crippen molar-refractivity contribution in [1.82, 2.24) is 9.21 Å². The van der Waals surface area contributed by atoms with E-state index in [0.717, 1.165) is 0 Å². The van der Waals surface area contributed by atoms with Crippen LogP contribution in [0.3, 0.4) is 0 Å². The number of amides is 1. The van der Waals surface area contributed by atoms with E-state index in [1.54, 1.807) is 30.3 Å². The fourth-order valence-electron chi connectivity index (χ4n) is 3.19. The van der Waals surface area contributed by atoms with Gasteiger partial charge in [-0.25, -0.2) is 8.42 Å². The van der Waals surface area contributed by atoms with Gasteiger partial charge in [0.05, 0.1) is 13.7 Å². The van der Waals surface area contributed by atoms with Gasteiger partial charge in [0.2, 0.25) is 10.0 Å². The van der Waals surface area contributed by atoms with E-state index in [9.17, 15) is 13.2 Å². The summed E-state index contributed by atoms with van der Waals surface area (Å²) in [5, 5.41) is 2.78. The number of piperazine rings is 1. The lowest BCUT2D eigenvalue weighted by molar-refractivity contribution is 0.102. The zero-order chi connectivity index (χ0) is 21.7. The third-order valence-corrected chi connectivity index (χ3v) is 6.85. The Bertz CT molecular complexity index is 984. The smallest absolute Gasteiger partial charge is 0.255 e. The SMILES string of the molecule is CCOc1ccc(NC(=O)c2ccc(OC)c(S(=O)(=O)N3CCN(C)CC3)c2)cc1. The first kappa shape index (κ1) is 22.1. The monoisotopic (exact) mass is 433 g/mol. The predicted molar refractivity (Wildman–Crippen MR) is 115 cm³/mol. The van der Waals surface area contributed by atoms with Gasteiger partial charge in [0.1, 0.15) is 16.4 Å². The molecule has 0 bridgehead atoms. The van der Waals surface area contributed by atoms with Crippen LogP contribution in [0.4, 0.5) is 5.69 Å². The van der Waals surface area contributed by atoms with Crippen molar-refractivity contribution in [3.05, 3.63) is 48.0 Å². The molecule has 0 unspecified atom stereocenters. The maximum absolute atomic E-state index is 13.2. The molecule has 162 valence electrons. The number of ether oxygens (including phenoxy) is 2. The Morgan fingerprint density at radius 3 is 2.33 bits per heavy atom. The largest absolute Gasteiger partial charge is 0.495 e. The average molecular weight is 434 g/mol. The highest BCUT2D eigenvalue weighted by atomic mass is 32.2. The molecule has 30 heavy (non-hydrogen) atoms. The Morgan fingerprint density at radius 2 is 1.73 bits per heavy atom. The molecular weight excluding hydrogens is 406 g/mol. The van der Waals surface area contributed by atoms with E-state index in [2.05, 4.69) is 10.2 Å². The van der Waals surface area contributed by atoms with Crippen LogP contribution in [0.5, 0.6) is 11.5 Å². The summed E-state index contributed by atoms with van der Waals surface area (Å²) in [6.07, 6.45) is 0. The Kier molecular flexibility index (Phi) is 6.96. The number of hydrogen-bond acceptors (Lipinski definition) is 6. The number of methoxy groups -OCH3 is 1. The summed E-state index contributed by atoms with van der Waals surface area (Å²) < 4.78 is 38.5. The van der Waals surface area contributed by atoms with Crippen LogP contribution < -0.4 is 14.8 Å². The molecule has 1 heterocycles. The van der Waals surface area contributed by atoms with Crippen molar-refractivity contribution in [3.8, 4) is 11.5 Å². The van der Waals surface area contributed by atoms with Gasteiger partial charge in [-0.3, -0.25) is 4.79 Å². The minimum absolute atomic E-state index is 0.00565. The van der Waals surface area contributed by atoms with Crippen LogP contribution in [-0.2, 0) is 10.0 Å². The van der Waals surface area contributed by atoms with Crippen molar-refractivity contribution < 1.29 is 22.7 Å². The average Bonchev–Trinajstić information content (AvgIpc) is 2.75. The first-order valence-corrected chi connectivity index (χ1v) is 11.2. The van der Waals surface area contributed by atoms with Gasteiger partial charge < -0.3 is 19.7 Å². The van der Waals surface area contributed by atoms with Crippen LogP contribution in [0, 0.1) is 0 Å². The number of likely N-dealkylation sites (N-methyl/N-ethyl adjacent to an activating group) is 1. The van der Waals surface area contributed by atoms with Crippen molar-refractivity contribution in [2.75, 3.05) is 52.3 Å². The van der Waals surface area contributed by atoms with E-state index in [-0.39, 0.29) is 16.2 Å². The molecule has 1 amide bonds. The first-order chi connectivity index (χ1) is 14.3. The summed E-state index contributed by atoms with van der Waals surface area (Å²) >= 11 is 0. The predicted octanol–water partition coefficient (Wildman–Crippen LogP) is 2.28. The van der Waals surface area contributed by atoms with Crippen LogP contribution >= 0.6 is 0 Å². The van der Waals surface area contributed by atoms with Crippen molar-refractivity contribution >= 4 is 21.6 Å². The third-order valence-electron chi connectivity index (χ3n) is 4.93. The van der Waals surface area contributed by atoms with E-state index in [4.69, 9.17) is 9.47 Å². The second-order valence-electron chi connectivity index (χ2n) is 6.98. The molecule has 1 aliphatic heterocycles. The highest BCUT2D eigenvalue weighted by molar-refractivity contribution is 7.89. The number of anilines is 1. The molecule has 1 saturated heterocycles. The van der Waals surface area contributed by atoms with E-state index in [0.29, 0.717) is 44.2 Å². The lowest BCUT2D eigenvalue weighted by Gasteiger charge is -2.31. The number of hydrogen-bond donors (Lipinski definition) is 1. The van der Waals surface area contributed by atoms with E-state index in [1.807, 2.05) is 14.0 Å². The molecule has 3 rings (SSSR count). The number of nitrogens with one attached hydrogen (secondary N) is 1. The van der Waals surface area contributed by atoms with Crippen LogP contribution in [0.1, 0.15) is 17.3 Å². The highest BCUT2D eigenvalue weighted by Gasteiger charge is 2.30. The third kappa shape index (κ3) is 4.92. The molecule has 1 aliphatic rings. The van der Waals surface area contributed by atoms with Crippen LogP contribution in [0.25, 0.3) is 0 Å². The number of carbonyl (C=O) groups is 1. The molecule has 2 aromatic carbocycles. The Balaban J connectivity index is 1.83. The van der Waals surface area contributed by atoms with Crippen molar-refractivity contribution in [3.63, 3.8) is 0 Å². The molecule has 2 aromatic rings. The lowest BCUT2D eigenvalue weighted by Crippen LogP contribution is -2.47. The summed E-state index contributed by atoms with van der Waals surface area (Å²) in [6, 6.07) is 11.4. The van der Waals surface area contributed by atoms with Crippen LogP contribution in [0.15, 0.2) is 47.4 Å². The standard InChI is InChI=1S/C21H27N3O5S/c1-4-29-18-8-6-17(7-9-18)22-21(25)16-5-10-19(28-3)20(15-16)30(26,27)24-13-11-23(2)12-14-24/h5-10,15H,4,11-14H2,1-3H3,(H,22,25). The Morgan fingerprint density at radius 1 is 1.07 bits per heavy atom. The van der Waals surface area contributed by atoms with Crippen molar-refractivity contribution in [1.29, 1.82) is 0 Å². The zero-order valence-electron chi connectivity index (χ0n) is 17.4. The summed E-state index contributed by atoms with van der Waals surface area (Å²) in [5.41, 5.74) is 0.820. The van der Waals surface area contributed by atoms with Crippen molar-refractivity contribution in [2.45, 2.75) is 11.8 Å². The molecule has 9 heteroatoms. The molecule has 0 aromatic heterocycles. The Labute approximate surface area is 177 Å². The van der Waals surface area contributed by atoms with Gasteiger partial charge >= 0.3 is 0 Å². The fourth-order valence-corrected chi connectivity index (χ4v) is 4.80. The molecule has 8 nitrogen and oxygen atoms in total. The second-order valence-corrected chi connectivity index (χ2v) is 8.89. The van der Waals surface area contributed by atoms with Gasteiger partial charge in [0.15, 0.2) is 0 Å². The van der Waals surface area contributed by atoms with Crippen LogP contribution in [0.2, 0.25) is 0 Å². The van der Waals surface area contributed by atoms with E-state index >= 15 is 0 Å². The number of benzene rings is 2. The number of rotatable bonds is 7. The molecule has 0 saturated carbocycles. The molecule has 0 atom stereocenters. The minimum Gasteiger partial charge on any atom is -0.495 e. The molecule has 0 radical (unpaired) electrons. The quantitative estimate of drug-likeness (QED) is 0.721. The lowest BCUT2D eigenvalue weighted by atomic mass is 10.2. The van der Waals surface area contributed by atoms with Crippen molar-refractivity contribution in [2.24, 2.45) is 0 Å². The van der Waals surface area contributed by atoms with E-state index < -0.39 is 15.9 Å². The summed E-state index contributed by atoms with van der Waals surface area (Å²) in [5.74, 6) is 0.517. The molecule has 0 aliphatic carbocycles. The zero-order valence-corrected chi connectivity index (χ0v) is 18.2. The summed E-state index contributed by atoms with van der Waals surface area (Å²) in [7, 11) is -0.414. The summed E-state index contributed by atoms with van der Waals surface area (Å²) in [4.78, 5) is 14.8. The van der Waals surface area contributed by atoms with E-state index in [1.165, 1.54) is 23.5 Å². The molecule has 0 spiro atoms. The maximum atomic E-state index is 13.2. The fraction of sp³-hybridized carbons (Fsp3) is 0.381. The first-order valence-electron chi connectivity index (χ1n) is 9.76. The van der Waals surface area contributed by atoms with Gasteiger partial charge in [0.25, 0.3) is 5.91 Å². The van der Waals surface area contributed by atoms with Gasteiger partial charge in [-0.2, -0.15) is 4.31 Å². The Hall–Kier alpha value is -2.62. The number of carbonyl (C=O) groups excluding carboxylic acids is 1. The maximum Gasteiger partial charge on any atom is 0.255 e. The van der Waals surface area contributed by atoms with Gasteiger partial charge in [-0.1, -0.05) is 0 Å².